The molecule has 0 aromatic heterocycles. The van der Waals surface area contributed by atoms with Gasteiger partial charge in [-0.05, 0) is 36.6 Å². The van der Waals surface area contributed by atoms with Crippen LogP contribution in [0.25, 0.3) is 0 Å². The minimum atomic E-state index is -0.763. The van der Waals surface area contributed by atoms with Gasteiger partial charge in [-0.25, -0.2) is 0 Å². The lowest BCUT2D eigenvalue weighted by atomic mass is 9.97. The number of fused-ring (bicyclic) bond motifs is 3. The van der Waals surface area contributed by atoms with E-state index in [4.69, 9.17) is 0 Å². The van der Waals surface area contributed by atoms with Gasteiger partial charge in [0.1, 0.15) is 5.66 Å². The van der Waals surface area contributed by atoms with E-state index in [1.165, 1.54) is 0 Å². The van der Waals surface area contributed by atoms with E-state index < -0.39 is 5.66 Å². The Hall–Kier alpha value is -3.93. The Morgan fingerprint density at radius 3 is 2.15 bits per heavy atom. The van der Waals surface area contributed by atoms with E-state index in [-0.39, 0.29) is 36.7 Å². The fourth-order valence-electron chi connectivity index (χ4n) is 5.14. The highest BCUT2D eigenvalue weighted by molar-refractivity contribution is 6.10. The Balaban J connectivity index is 1.36. The van der Waals surface area contributed by atoms with Gasteiger partial charge in [0, 0.05) is 19.4 Å². The molecule has 34 heavy (non-hydrogen) atoms. The lowest BCUT2D eigenvalue weighted by molar-refractivity contribution is -0.122. The molecule has 0 aliphatic carbocycles. The SMILES string of the molecule is CC12CCC(=O)N1c1ccccc1C(=O)N2CCC(=O)NC(c1ccccc1)c1ccccc1. The van der Waals surface area contributed by atoms with E-state index in [1.54, 1.807) is 21.9 Å². The molecule has 2 heterocycles. The zero-order valence-electron chi connectivity index (χ0n) is 19.1. The van der Waals surface area contributed by atoms with Gasteiger partial charge in [-0.3, -0.25) is 19.3 Å². The summed E-state index contributed by atoms with van der Waals surface area (Å²) in [4.78, 5) is 42.7. The summed E-state index contributed by atoms with van der Waals surface area (Å²) in [6.07, 6.45) is 1.07. The van der Waals surface area contributed by atoms with E-state index in [9.17, 15) is 14.4 Å². The van der Waals surface area contributed by atoms with Crippen LogP contribution in [0.4, 0.5) is 5.69 Å². The van der Waals surface area contributed by atoms with Crippen molar-refractivity contribution in [1.82, 2.24) is 10.2 Å². The maximum absolute atomic E-state index is 13.4. The van der Waals surface area contributed by atoms with Gasteiger partial charge in [0.2, 0.25) is 11.8 Å². The highest BCUT2D eigenvalue weighted by Gasteiger charge is 2.52. The van der Waals surface area contributed by atoms with Crippen molar-refractivity contribution in [3.05, 3.63) is 102 Å². The van der Waals surface area contributed by atoms with Crippen molar-refractivity contribution in [2.24, 2.45) is 0 Å². The molecule has 6 nitrogen and oxygen atoms in total. The molecular weight excluding hydrogens is 426 g/mol. The fraction of sp³-hybridized carbons (Fsp3) is 0.250. The standard InChI is InChI=1S/C28H27N3O3/c1-28-18-16-25(33)31(28)23-15-9-8-14-22(23)27(34)30(28)19-17-24(32)29-26(20-10-4-2-5-11-20)21-12-6-3-7-13-21/h2-15,26H,16-19H2,1H3,(H,29,32). The maximum Gasteiger partial charge on any atom is 0.257 e. The minimum absolute atomic E-state index is 0.00474. The summed E-state index contributed by atoms with van der Waals surface area (Å²) < 4.78 is 0. The van der Waals surface area contributed by atoms with Crippen molar-refractivity contribution in [3.8, 4) is 0 Å². The average molecular weight is 454 g/mol. The Morgan fingerprint density at radius 1 is 0.912 bits per heavy atom. The van der Waals surface area contributed by atoms with Gasteiger partial charge in [0.25, 0.3) is 5.91 Å². The quantitative estimate of drug-likeness (QED) is 0.606. The van der Waals surface area contributed by atoms with Gasteiger partial charge in [-0.2, -0.15) is 0 Å². The molecule has 5 rings (SSSR count). The summed E-state index contributed by atoms with van der Waals surface area (Å²) in [6, 6.07) is 26.6. The van der Waals surface area contributed by atoms with Crippen LogP contribution in [0.5, 0.6) is 0 Å². The van der Waals surface area contributed by atoms with Gasteiger partial charge in [0.15, 0.2) is 0 Å². The first-order valence-electron chi connectivity index (χ1n) is 11.6. The van der Waals surface area contributed by atoms with E-state index >= 15 is 0 Å². The number of rotatable bonds is 6. The normalized spacial score (nSPS) is 19.2. The molecule has 6 heteroatoms. The molecule has 1 unspecified atom stereocenters. The van der Waals surface area contributed by atoms with Gasteiger partial charge in [-0.15, -0.1) is 0 Å². The molecule has 1 N–H and O–H groups in total. The van der Waals surface area contributed by atoms with Crippen LogP contribution in [0, 0.1) is 0 Å². The molecule has 3 aromatic rings. The molecular formula is C28H27N3O3. The third-order valence-electron chi connectivity index (χ3n) is 6.88. The molecule has 1 saturated heterocycles. The number of nitrogens with zero attached hydrogens (tertiary/aromatic N) is 2. The number of para-hydroxylation sites is 1. The molecule has 1 atom stereocenters. The minimum Gasteiger partial charge on any atom is -0.345 e. The van der Waals surface area contributed by atoms with Crippen LogP contribution in [0.2, 0.25) is 0 Å². The summed E-state index contributed by atoms with van der Waals surface area (Å²) in [7, 11) is 0. The van der Waals surface area contributed by atoms with Crippen LogP contribution in [0.15, 0.2) is 84.9 Å². The van der Waals surface area contributed by atoms with Gasteiger partial charge >= 0.3 is 0 Å². The second kappa shape index (κ2) is 8.78. The highest BCUT2D eigenvalue weighted by atomic mass is 16.2. The number of carbonyl (C=O) groups excluding carboxylic acids is 3. The molecule has 0 radical (unpaired) electrons. The molecule has 0 saturated carbocycles. The monoisotopic (exact) mass is 453 g/mol. The molecule has 0 spiro atoms. The second-order valence-corrected chi connectivity index (χ2v) is 8.99. The third kappa shape index (κ3) is 3.75. The van der Waals surface area contributed by atoms with Gasteiger partial charge in [0.05, 0.1) is 17.3 Å². The largest absolute Gasteiger partial charge is 0.345 e. The number of hydrogen-bond donors (Lipinski definition) is 1. The van der Waals surface area contributed by atoms with E-state index in [0.29, 0.717) is 24.1 Å². The van der Waals surface area contributed by atoms with Crippen LogP contribution in [-0.2, 0) is 9.59 Å². The average Bonchev–Trinajstić information content (AvgIpc) is 3.18. The number of anilines is 1. The van der Waals surface area contributed by atoms with Crippen molar-refractivity contribution >= 4 is 23.4 Å². The van der Waals surface area contributed by atoms with Crippen LogP contribution in [0.3, 0.4) is 0 Å². The summed E-state index contributed by atoms with van der Waals surface area (Å²) in [5.41, 5.74) is 2.38. The van der Waals surface area contributed by atoms with Crippen molar-refractivity contribution in [3.63, 3.8) is 0 Å². The Kier molecular flexibility index (Phi) is 5.65. The number of hydrogen-bond acceptors (Lipinski definition) is 3. The van der Waals surface area contributed by atoms with Crippen molar-refractivity contribution < 1.29 is 14.4 Å². The first-order valence-corrected chi connectivity index (χ1v) is 11.6. The summed E-state index contributed by atoms with van der Waals surface area (Å²) in [6.45, 7) is 2.15. The van der Waals surface area contributed by atoms with E-state index in [0.717, 1.165) is 11.1 Å². The van der Waals surface area contributed by atoms with Gasteiger partial charge < -0.3 is 10.2 Å². The summed E-state index contributed by atoms with van der Waals surface area (Å²) in [5.74, 6) is -0.284. The zero-order valence-corrected chi connectivity index (χ0v) is 19.1. The first kappa shape index (κ1) is 21.9. The first-order chi connectivity index (χ1) is 16.5. The topological polar surface area (TPSA) is 69.7 Å². The lowest BCUT2D eigenvalue weighted by Gasteiger charge is -2.48. The van der Waals surface area contributed by atoms with Crippen molar-refractivity contribution in [1.29, 1.82) is 0 Å². The lowest BCUT2D eigenvalue weighted by Crippen LogP contribution is -2.62. The predicted octanol–water partition coefficient (Wildman–Crippen LogP) is 4.28. The summed E-state index contributed by atoms with van der Waals surface area (Å²) >= 11 is 0. The third-order valence-corrected chi connectivity index (χ3v) is 6.88. The van der Waals surface area contributed by atoms with Crippen molar-refractivity contribution in [2.45, 2.75) is 37.9 Å². The van der Waals surface area contributed by atoms with Crippen molar-refractivity contribution in [2.75, 3.05) is 11.4 Å². The molecule has 3 aromatic carbocycles. The predicted molar refractivity (Wildman–Crippen MR) is 130 cm³/mol. The molecule has 172 valence electrons. The Labute approximate surface area is 199 Å². The number of carbonyl (C=O) groups is 3. The highest BCUT2D eigenvalue weighted by Crippen LogP contribution is 2.44. The maximum atomic E-state index is 13.4. The molecule has 2 aliphatic heterocycles. The van der Waals surface area contributed by atoms with Crippen LogP contribution < -0.4 is 10.2 Å². The smallest absolute Gasteiger partial charge is 0.257 e. The Bertz CT molecular complexity index is 1190. The van der Waals surface area contributed by atoms with Crippen LogP contribution in [0.1, 0.15) is 53.7 Å². The van der Waals surface area contributed by atoms with Crippen LogP contribution >= 0.6 is 0 Å². The molecule has 0 bridgehead atoms. The summed E-state index contributed by atoms with van der Waals surface area (Å²) in [5, 5.41) is 3.15. The molecule has 2 aliphatic rings. The fourth-order valence-corrected chi connectivity index (χ4v) is 5.14. The zero-order chi connectivity index (χ0) is 23.7. The molecule has 3 amide bonds. The Morgan fingerprint density at radius 2 is 1.50 bits per heavy atom. The number of amides is 3. The number of nitrogens with one attached hydrogen (secondary N) is 1. The second-order valence-electron chi connectivity index (χ2n) is 8.99. The van der Waals surface area contributed by atoms with Gasteiger partial charge in [-0.1, -0.05) is 72.8 Å². The molecule has 1 fully saturated rings. The number of benzene rings is 3. The van der Waals surface area contributed by atoms with Crippen LogP contribution in [-0.4, -0.2) is 34.8 Å². The van der Waals surface area contributed by atoms with E-state index in [2.05, 4.69) is 5.32 Å². The van der Waals surface area contributed by atoms with E-state index in [1.807, 2.05) is 79.7 Å².